The number of carboxylic acids is 1. The maximum Gasteiger partial charge on any atom is 0.391 e. The van der Waals surface area contributed by atoms with E-state index in [1.165, 1.54) is 0 Å². The topological polar surface area (TPSA) is 57.6 Å². The van der Waals surface area contributed by atoms with Gasteiger partial charge in [0.1, 0.15) is 6.04 Å². The van der Waals surface area contributed by atoms with Crippen molar-refractivity contribution in [1.82, 2.24) is 4.90 Å². The fourth-order valence-corrected chi connectivity index (χ4v) is 1.87. The standard InChI is InChI=1S/C9H12F3NO3/c1-5(14)13-3-2-6(9(10,11)12)4-7(13)8(15)16/h6-7H,2-4H2,1H3,(H,15,16)/t6-,7-/m0/s1. The van der Waals surface area contributed by atoms with Crippen molar-refractivity contribution in [2.75, 3.05) is 6.54 Å². The zero-order valence-corrected chi connectivity index (χ0v) is 8.62. The minimum absolute atomic E-state index is 0.156. The zero-order valence-electron chi connectivity index (χ0n) is 8.62. The quantitative estimate of drug-likeness (QED) is 0.749. The first-order valence-corrected chi connectivity index (χ1v) is 4.80. The molecule has 1 rings (SSSR count). The molecule has 1 amide bonds. The molecular weight excluding hydrogens is 227 g/mol. The molecule has 1 saturated heterocycles. The number of amides is 1. The molecule has 4 nitrogen and oxygen atoms in total. The van der Waals surface area contributed by atoms with Crippen LogP contribution in [0.4, 0.5) is 13.2 Å². The number of carbonyl (C=O) groups excluding carboxylic acids is 1. The molecule has 0 aromatic heterocycles. The summed E-state index contributed by atoms with van der Waals surface area (Å²) in [5.74, 6) is -3.53. The van der Waals surface area contributed by atoms with E-state index in [9.17, 15) is 22.8 Å². The van der Waals surface area contributed by atoms with E-state index in [-0.39, 0.29) is 13.0 Å². The molecule has 16 heavy (non-hydrogen) atoms. The number of hydrogen-bond donors (Lipinski definition) is 1. The molecule has 0 unspecified atom stereocenters. The molecule has 0 aromatic carbocycles. The summed E-state index contributed by atoms with van der Waals surface area (Å²) >= 11 is 0. The van der Waals surface area contributed by atoms with Crippen molar-refractivity contribution in [2.45, 2.75) is 32.0 Å². The van der Waals surface area contributed by atoms with Gasteiger partial charge in [0.2, 0.25) is 5.91 Å². The molecule has 0 aliphatic carbocycles. The van der Waals surface area contributed by atoms with Gasteiger partial charge in [-0.05, 0) is 12.8 Å². The number of alkyl halides is 3. The molecule has 1 aliphatic rings. The molecule has 0 radical (unpaired) electrons. The molecule has 92 valence electrons. The summed E-state index contributed by atoms with van der Waals surface area (Å²) in [7, 11) is 0. The average Bonchev–Trinajstić information content (AvgIpc) is 2.15. The monoisotopic (exact) mass is 239 g/mol. The van der Waals surface area contributed by atoms with Gasteiger partial charge in [-0.1, -0.05) is 0 Å². The number of rotatable bonds is 1. The first-order chi connectivity index (χ1) is 7.23. The van der Waals surface area contributed by atoms with Crippen molar-refractivity contribution in [2.24, 2.45) is 5.92 Å². The molecule has 1 aliphatic heterocycles. The first kappa shape index (κ1) is 12.8. The van der Waals surface area contributed by atoms with Crippen LogP contribution in [0.1, 0.15) is 19.8 Å². The summed E-state index contributed by atoms with van der Waals surface area (Å²) in [6.07, 6.45) is -5.18. The molecule has 0 saturated carbocycles. The van der Waals surface area contributed by atoms with Gasteiger partial charge in [-0.25, -0.2) is 4.79 Å². The highest BCUT2D eigenvalue weighted by molar-refractivity contribution is 5.82. The van der Waals surface area contributed by atoms with Gasteiger partial charge in [-0.3, -0.25) is 4.79 Å². The van der Waals surface area contributed by atoms with Gasteiger partial charge in [-0.2, -0.15) is 13.2 Å². The van der Waals surface area contributed by atoms with Gasteiger partial charge in [-0.15, -0.1) is 0 Å². The summed E-state index contributed by atoms with van der Waals surface area (Å²) in [4.78, 5) is 22.8. The van der Waals surface area contributed by atoms with Crippen LogP contribution >= 0.6 is 0 Å². The number of carboxylic acid groups (broad SMARTS) is 1. The van der Waals surface area contributed by atoms with Crippen LogP contribution in [0.5, 0.6) is 0 Å². The van der Waals surface area contributed by atoms with E-state index in [0.717, 1.165) is 11.8 Å². The Hall–Kier alpha value is -1.27. The second kappa shape index (κ2) is 4.31. The Morgan fingerprint density at radius 1 is 1.38 bits per heavy atom. The third kappa shape index (κ3) is 2.65. The lowest BCUT2D eigenvalue weighted by Gasteiger charge is -2.37. The van der Waals surface area contributed by atoms with Crippen LogP contribution in [0.2, 0.25) is 0 Å². The molecule has 1 N–H and O–H groups in total. The van der Waals surface area contributed by atoms with Crippen LogP contribution in [-0.2, 0) is 9.59 Å². The van der Waals surface area contributed by atoms with Crippen molar-refractivity contribution in [3.63, 3.8) is 0 Å². The Balaban J connectivity index is 2.81. The number of nitrogens with zero attached hydrogens (tertiary/aromatic N) is 1. The molecule has 2 atom stereocenters. The number of hydrogen-bond acceptors (Lipinski definition) is 2. The third-order valence-corrected chi connectivity index (χ3v) is 2.75. The number of likely N-dealkylation sites (tertiary alicyclic amines) is 1. The summed E-state index contributed by atoms with van der Waals surface area (Å²) < 4.78 is 37.2. The normalized spacial score (nSPS) is 26.6. The Bertz CT molecular complexity index is 303. The molecule has 1 fully saturated rings. The van der Waals surface area contributed by atoms with Crippen LogP contribution < -0.4 is 0 Å². The zero-order chi connectivity index (χ0) is 12.5. The van der Waals surface area contributed by atoms with Crippen LogP contribution in [-0.4, -0.2) is 40.6 Å². The van der Waals surface area contributed by atoms with Crippen molar-refractivity contribution in [1.29, 1.82) is 0 Å². The predicted octanol–water partition coefficient (Wildman–Crippen LogP) is 1.26. The molecule has 0 aromatic rings. The van der Waals surface area contributed by atoms with E-state index >= 15 is 0 Å². The highest BCUT2D eigenvalue weighted by Gasteiger charge is 2.46. The maximum atomic E-state index is 12.4. The van der Waals surface area contributed by atoms with E-state index in [2.05, 4.69) is 0 Å². The van der Waals surface area contributed by atoms with E-state index in [1.807, 2.05) is 0 Å². The Labute approximate surface area is 90.0 Å². The van der Waals surface area contributed by atoms with Gasteiger partial charge >= 0.3 is 12.1 Å². The van der Waals surface area contributed by atoms with E-state index in [0.29, 0.717) is 0 Å². The fourth-order valence-electron chi connectivity index (χ4n) is 1.87. The molecular formula is C9H12F3NO3. The largest absolute Gasteiger partial charge is 0.480 e. The summed E-state index contributed by atoms with van der Waals surface area (Å²) in [6, 6.07) is -1.36. The number of halogens is 3. The predicted molar refractivity (Wildman–Crippen MR) is 47.6 cm³/mol. The number of carbonyl (C=O) groups is 2. The third-order valence-electron chi connectivity index (χ3n) is 2.75. The van der Waals surface area contributed by atoms with Gasteiger partial charge in [0.05, 0.1) is 5.92 Å². The SMILES string of the molecule is CC(=O)N1CC[C@H](C(F)(F)F)C[C@H]1C(=O)O. The van der Waals surface area contributed by atoms with Gasteiger partial charge < -0.3 is 10.0 Å². The van der Waals surface area contributed by atoms with Crippen molar-refractivity contribution < 1.29 is 27.9 Å². The summed E-state index contributed by atoms with van der Waals surface area (Å²) in [6.45, 7) is 1.00. The molecule has 0 spiro atoms. The molecule has 7 heteroatoms. The maximum absolute atomic E-state index is 12.4. The lowest BCUT2D eigenvalue weighted by Crippen LogP contribution is -2.51. The van der Waals surface area contributed by atoms with Gasteiger partial charge in [0, 0.05) is 13.5 Å². The average molecular weight is 239 g/mol. The molecule has 0 bridgehead atoms. The van der Waals surface area contributed by atoms with Crippen molar-refractivity contribution >= 4 is 11.9 Å². The lowest BCUT2D eigenvalue weighted by molar-refractivity contribution is -0.194. The summed E-state index contributed by atoms with van der Waals surface area (Å²) in [5.41, 5.74) is 0. The minimum atomic E-state index is -4.39. The minimum Gasteiger partial charge on any atom is -0.480 e. The number of piperidine rings is 1. The second-order valence-electron chi connectivity index (χ2n) is 3.83. The first-order valence-electron chi connectivity index (χ1n) is 4.80. The summed E-state index contributed by atoms with van der Waals surface area (Å²) in [5, 5.41) is 8.78. The number of aliphatic carboxylic acids is 1. The molecule has 1 heterocycles. The Morgan fingerprint density at radius 3 is 2.31 bits per heavy atom. The van der Waals surface area contributed by atoms with Crippen LogP contribution in [0.15, 0.2) is 0 Å². The van der Waals surface area contributed by atoms with E-state index in [4.69, 9.17) is 5.11 Å². The van der Waals surface area contributed by atoms with E-state index in [1.54, 1.807) is 0 Å². The lowest BCUT2D eigenvalue weighted by atomic mass is 9.90. The van der Waals surface area contributed by atoms with Crippen LogP contribution in [0.3, 0.4) is 0 Å². The fraction of sp³-hybridized carbons (Fsp3) is 0.778. The Kier molecular flexibility index (Phi) is 3.44. The van der Waals surface area contributed by atoms with Crippen molar-refractivity contribution in [3.8, 4) is 0 Å². The van der Waals surface area contributed by atoms with Crippen LogP contribution in [0.25, 0.3) is 0 Å². The highest BCUT2D eigenvalue weighted by Crippen LogP contribution is 2.36. The smallest absolute Gasteiger partial charge is 0.391 e. The highest BCUT2D eigenvalue weighted by atomic mass is 19.4. The van der Waals surface area contributed by atoms with Crippen LogP contribution in [0, 0.1) is 5.92 Å². The van der Waals surface area contributed by atoms with Crippen molar-refractivity contribution in [3.05, 3.63) is 0 Å². The second-order valence-corrected chi connectivity index (χ2v) is 3.83. The van der Waals surface area contributed by atoms with Gasteiger partial charge in [0.15, 0.2) is 0 Å². The Morgan fingerprint density at radius 2 is 1.94 bits per heavy atom. The van der Waals surface area contributed by atoms with Gasteiger partial charge in [0.25, 0.3) is 0 Å². The van der Waals surface area contributed by atoms with E-state index < -0.39 is 36.4 Å².